The molecule has 0 radical (unpaired) electrons. The summed E-state index contributed by atoms with van der Waals surface area (Å²) in [5, 5.41) is 0.897. The first kappa shape index (κ1) is 37.5. The second-order valence-electron chi connectivity index (χ2n) is 18.2. The molecule has 1 heterocycles. The number of rotatable bonds is 6. The normalized spacial score (nSPS) is 44.0. The van der Waals surface area contributed by atoms with Gasteiger partial charge in [0.1, 0.15) is 11.9 Å². The monoisotopic (exact) mass is 756 g/mol. The number of ether oxygens (including phenoxy) is 3. The molecule has 51 heavy (non-hydrogen) atoms. The lowest BCUT2D eigenvalue weighted by Crippen LogP contribution is -2.67. The van der Waals surface area contributed by atoms with Crippen LogP contribution in [0.15, 0.2) is 36.1 Å². The van der Waals surface area contributed by atoms with Crippen molar-refractivity contribution in [3.63, 3.8) is 0 Å². The lowest BCUT2D eigenvalue weighted by atomic mass is 9.32. The van der Waals surface area contributed by atoms with Crippen molar-refractivity contribution >= 4 is 51.0 Å². The minimum atomic E-state index is -2.66. The number of fused-ring (bicyclic) bond motifs is 7. The lowest BCUT2D eigenvalue weighted by molar-refractivity contribution is -0.252. The molecule has 1 aliphatic heterocycles. The van der Waals surface area contributed by atoms with E-state index in [4.69, 9.17) is 30.5 Å². The molecule has 1 aromatic rings. The molecule has 0 N–H and O–H groups in total. The largest absolute Gasteiger partial charge is 0.497 e. The molecule has 0 spiro atoms. The molecule has 11 atom stereocenters. The molecular formula is C41H57O7PS2. The van der Waals surface area contributed by atoms with Gasteiger partial charge in [0.05, 0.1) is 20.0 Å². The maximum absolute atomic E-state index is 14.3. The SMILES string of the molecule is COc1ccc(P2(=S)OC=C([C@@H]3CC[C@]4(COC(C)=O)CC[C@]5(C)[C@H](CC[C@@H]6[C@@]7(C)CC[C@H](OC(C)=O)C(C)(C)[C@@H]7CC[C@]65C)[C@@H]34)C(=O)S2)cc1. The van der Waals surface area contributed by atoms with Gasteiger partial charge in [0.25, 0.3) is 0 Å². The maximum Gasteiger partial charge on any atom is 0.302 e. The highest BCUT2D eigenvalue weighted by Crippen LogP contribution is 2.78. The van der Waals surface area contributed by atoms with Gasteiger partial charge < -0.3 is 18.7 Å². The number of hydrogen-bond donors (Lipinski definition) is 0. The Morgan fingerprint density at radius 3 is 2.25 bits per heavy atom. The number of hydrogen-bond acceptors (Lipinski definition) is 9. The van der Waals surface area contributed by atoms with Crippen LogP contribution in [-0.4, -0.2) is 36.9 Å². The van der Waals surface area contributed by atoms with Gasteiger partial charge >= 0.3 is 11.9 Å². The molecule has 1 unspecified atom stereocenters. The van der Waals surface area contributed by atoms with Crippen molar-refractivity contribution in [3.05, 3.63) is 36.1 Å². The molecule has 280 valence electrons. The molecule has 7 rings (SSSR count). The fourth-order valence-corrected chi connectivity index (χ4v) is 18.0. The van der Waals surface area contributed by atoms with Crippen LogP contribution in [0.2, 0.25) is 0 Å². The third-order valence-corrected chi connectivity index (χ3v) is 21.6. The molecule has 5 aliphatic carbocycles. The van der Waals surface area contributed by atoms with Gasteiger partial charge in [-0.15, -0.1) is 0 Å². The van der Waals surface area contributed by atoms with Crippen molar-refractivity contribution in [2.24, 2.45) is 56.7 Å². The number of methoxy groups -OCH3 is 1. The van der Waals surface area contributed by atoms with Gasteiger partial charge in [-0.25, -0.2) is 0 Å². The standard InChI is InChI=1S/C41H57O7PS2/c1-25(42)46-24-41-20-15-29(30-23-47-49(50,51-36(30)44)28-11-9-27(45-8)10-12-28)35(41)31-13-14-33-38(5)18-17-34(48-26(2)43)37(3,4)32(38)16-19-40(33,7)39(31,6)21-22-41/h9-12,23,29,31-35H,13-22,24H2,1-8H3/t29-,31+,32-,33+,34-,35+,38-,39+,40+,41+,49?/m0/s1. The van der Waals surface area contributed by atoms with Crippen molar-refractivity contribution in [1.29, 1.82) is 0 Å². The van der Waals surface area contributed by atoms with Crippen LogP contribution >= 0.6 is 16.8 Å². The second kappa shape index (κ2) is 12.9. The van der Waals surface area contributed by atoms with Crippen molar-refractivity contribution < 1.29 is 33.1 Å². The van der Waals surface area contributed by atoms with E-state index in [0.29, 0.717) is 24.4 Å². The predicted molar refractivity (Wildman–Crippen MR) is 205 cm³/mol. The van der Waals surface area contributed by atoms with Gasteiger partial charge in [-0.05, 0) is 157 Å². The van der Waals surface area contributed by atoms with E-state index < -0.39 is 5.47 Å². The van der Waals surface area contributed by atoms with Crippen LogP contribution in [0.4, 0.5) is 0 Å². The third kappa shape index (κ3) is 5.70. The minimum Gasteiger partial charge on any atom is -0.497 e. The highest BCUT2D eigenvalue weighted by atomic mass is 32.9. The summed E-state index contributed by atoms with van der Waals surface area (Å²) < 4.78 is 23.7. The zero-order chi connectivity index (χ0) is 36.8. The summed E-state index contributed by atoms with van der Waals surface area (Å²) in [6, 6.07) is 7.59. The Labute approximate surface area is 313 Å². The molecule has 5 fully saturated rings. The van der Waals surface area contributed by atoms with Crippen LogP contribution in [0.3, 0.4) is 0 Å². The van der Waals surface area contributed by atoms with Crippen LogP contribution in [0.5, 0.6) is 5.75 Å². The molecule has 0 bridgehead atoms. The fraction of sp³-hybridized carbons (Fsp3) is 0.732. The molecule has 5 saturated carbocycles. The van der Waals surface area contributed by atoms with Gasteiger partial charge in [0, 0.05) is 35.6 Å². The van der Waals surface area contributed by atoms with E-state index in [-0.39, 0.29) is 62.1 Å². The summed E-state index contributed by atoms with van der Waals surface area (Å²) in [6.07, 6.45) is 12.2. The van der Waals surface area contributed by atoms with Crippen molar-refractivity contribution in [3.8, 4) is 5.75 Å². The van der Waals surface area contributed by atoms with E-state index in [2.05, 4.69) is 34.6 Å². The van der Waals surface area contributed by atoms with Crippen molar-refractivity contribution in [2.45, 2.75) is 119 Å². The van der Waals surface area contributed by atoms with Crippen molar-refractivity contribution in [1.82, 2.24) is 0 Å². The first-order chi connectivity index (χ1) is 23.9. The number of carbonyl (C=O) groups excluding carboxylic acids is 3. The summed E-state index contributed by atoms with van der Waals surface area (Å²) in [5.74, 6) is 2.03. The summed E-state index contributed by atoms with van der Waals surface area (Å²) in [4.78, 5) is 38.7. The van der Waals surface area contributed by atoms with Gasteiger partial charge in [-0.3, -0.25) is 14.4 Å². The smallest absolute Gasteiger partial charge is 0.302 e. The lowest BCUT2D eigenvalue weighted by Gasteiger charge is -2.73. The van der Waals surface area contributed by atoms with E-state index in [1.54, 1.807) is 20.3 Å². The Kier molecular flexibility index (Phi) is 9.48. The molecule has 0 aromatic heterocycles. The topological polar surface area (TPSA) is 88.1 Å². The van der Waals surface area contributed by atoms with E-state index in [0.717, 1.165) is 80.8 Å². The first-order valence-electron chi connectivity index (χ1n) is 19.1. The van der Waals surface area contributed by atoms with Crippen LogP contribution in [-0.2, 0) is 40.2 Å². The number of esters is 2. The van der Waals surface area contributed by atoms with Crippen LogP contribution in [0.1, 0.15) is 113 Å². The van der Waals surface area contributed by atoms with Crippen LogP contribution in [0, 0.1) is 56.7 Å². The molecule has 10 heteroatoms. The molecule has 0 amide bonds. The third-order valence-electron chi connectivity index (χ3n) is 16.0. The van der Waals surface area contributed by atoms with Gasteiger partial charge in [-0.2, -0.15) is 0 Å². The zero-order valence-electron chi connectivity index (χ0n) is 31.8. The summed E-state index contributed by atoms with van der Waals surface area (Å²) >= 11 is 7.27. The van der Waals surface area contributed by atoms with Gasteiger partial charge in [0.15, 0.2) is 0 Å². The van der Waals surface area contributed by atoms with Crippen LogP contribution < -0.4 is 10.0 Å². The van der Waals surface area contributed by atoms with E-state index in [1.807, 2.05) is 24.3 Å². The van der Waals surface area contributed by atoms with Crippen LogP contribution in [0.25, 0.3) is 0 Å². The average molecular weight is 757 g/mol. The first-order valence-corrected chi connectivity index (χ1v) is 23.3. The second-order valence-corrected chi connectivity index (χ2v) is 24.8. The number of benzene rings is 1. The Morgan fingerprint density at radius 2 is 1.61 bits per heavy atom. The zero-order valence-corrected chi connectivity index (χ0v) is 34.3. The number of carbonyl (C=O) groups is 3. The molecule has 6 aliphatic rings. The van der Waals surface area contributed by atoms with Crippen molar-refractivity contribution in [2.75, 3.05) is 13.7 Å². The van der Waals surface area contributed by atoms with Gasteiger partial charge in [0.2, 0.25) is 10.6 Å². The molecule has 7 nitrogen and oxygen atoms in total. The Bertz CT molecular complexity index is 1670. The maximum atomic E-state index is 14.3. The Morgan fingerprint density at radius 1 is 0.882 bits per heavy atom. The van der Waals surface area contributed by atoms with E-state index in [9.17, 15) is 14.4 Å². The molecule has 1 aromatic carbocycles. The highest BCUT2D eigenvalue weighted by molar-refractivity contribution is 8.77. The summed E-state index contributed by atoms with van der Waals surface area (Å²) in [5.41, 5.74) is -1.78. The van der Waals surface area contributed by atoms with E-state index >= 15 is 0 Å². The minimum absolute atomic E-state index is 0.0370. The quantitative estimate of drug-likeness (QED) is 0.208. The summed E-state index contributed by atoms with van der Waals surface area (Å²) in [7, 11) is 1.63. The Hall–Kier alpha value is -1.83. The molecule has 0 saturated heterocycles. The average Bonchev–Trinajstić information content (AvgIpc) is 3.45. The predicted octanol–water partition coefficient (Wildman–Crippen LogP) is 9.38. The van der Waals surface area contributed by atoms with Gasteiger partial charge in [-0.1, -0.05) is 34.6 Å². The fourth-order valence-electron chi connectivity index (χ4n) is 13.4. The molecular weight excluding hydrogens is 700 g/mol. The Balaban J connectivity index is 1.22. The highest BCUT2D eigenvalue weighted by Gasteiger charge is 2.71. The van der Waals surface area contributed by atoms with E-state index in [1.165, 1.54) is 18.3 Å². The summed E-state index contributed by atoms with van der Waals surface area (Å²) in [6.45, 7) is 15.9.